The van der Waals surface area contributed by atoms with Crippen LogP contribution < -0.4 is 5.32 Å². The van der Waals surface area contributed by atoms with Crippen molar-refractivity contribution >= 4 is 27.8 Å². The van der Waals surface area contributed by atoms with E-state index in [9.17, 15) is 13.2 Å². The van der Waals surface area contributed by atoms with Gasteiger partial charge in [0.25, 0.3) is 0 Å². The van der Waals surface area contributed by atoms with Crippen molar-refractivity contribution in [1.29, 1.82) is 0 Å². The molecular formula is C23H30N4O3S. The molecule has 1 aliphatic heterocycles. The molecule has 0 unspecified atom stereocenters. The smallest absolute Gasteiger partial charge is 0.236 e. The van der Waals surface area contributed by atoms with E-state index in [1.54, 1.807) is 12.3 Å². The van der Waals surface area contributed by atoms with Crippen LogP contribution >= 0.6 is 0 Å². The summed E-state index contributed by atoms with van der Waals surface area (Å²) in [5.41, 5.74) is 0.843. The fourth-order valence-electron chi connectivity index (χ4n) is 4.45. The predicted octanol–water partition coefficient (Wildman–Crippen LogP) is 4.04. The van der Waals surface area contributed by atoms with E-state index in [0.29, 0.717) is 32.0 Å². The van der Waals surface area contributed by atoms with Gasteiger partial charge in [0.1, 0.15) is 5.82 Å². The normalized spacial score (nSPS) is 19.6. The molecule has 2 aromatic rings. The van der Waals surface area contributed by atoms with Crippen molar-refractivity contribution in [3.8, 4) is 0 Å². The third kappa shape index (κ3) is 5.43. The zero-order chi connectivity index (χ0) is 21.7. The Morgan fingerprint density at radius 2 is 1.71 bits per heavy atom. The lowest BCUT2D eigenvalue weighted by Gasteiger charge is -2.30. The molecule has 7 nitrogen and oxygen atoms in total. The third-order valence-electron chi connectivity index (χ3n) is 6.26. The van der Waals surface area contributed by atoms with Crippen LogP contribution in [0.15, 0.2) is 48.0 Å². The van der Waals surface area contributed by atoms with Gasteiger partial charge in [0.05, 0.1) is 12.2 Å². The summed E-state index contributed by atoms with van der Waals surface area (Å²) in [6.07, 6.45) is 10.2. The molecule has 2 fully saturated rings. The van der Waals surface area contributed by atoms with E-state index >= 15 is 0 Å². The Morgan fingerprint density at radius 3 is 2.42 bits per heavy atom. The standard InChI is InChI=1S/C23H30N4O3S/c28-23(25-22-11-15-24-27(22)21-9-5-2-6-10-21)20-12-16-26(17-13-20)31(29,30)18-14-19-7-3-1-4-8-19/h1,3-4,7-8,11,14-15,18,20-21H,2,5-6,9-10,12-13,16-17H2,(H,25,28)/b18-14+. The van der Waals surface area contributed by atoms with Crippen LogP contribution in [0.1, 0.15) is 56.6 Å². The fourth-order valence-corrected chi connectivity index (χ4v) is 5.67. The van der Waals surface area contributed by atoms with Crippen LogP contribution in [0, 0.1) is 5.92 Å². The van der Waals surface area contributed by atoms with E-state index in [0.717, 1.165) is 24.2 Å². The molecule has 4 rings (SSSR count). The molecular weight excluding hydrogens is 412 g/mol. The molecule has 166 valence electrons. The van der Waals surface area contributed by atoms with E-state index < -0.39 is 10.0 Å². The maximum absolute atomic E-state index is 12.8. The highest BCUT2D eigenvalue weighted by Gasteiger charge is 2.30. The van der Waals surface area contributed by atoms with Gasteiger partial charge < -0.3 is 5.32 Å². The van der Waals surface area contributed by atoms with Crippen molar-refractivity contribution in [1.82, 2.24) is 14.1 Å². The molecule has 1 aliphatic carbocycles. The molecule has 1 N–H and O–H groups in total. The monoisotopic (exact) mass is 442 g/mol. The lowest BCUT2D eigenvalue weighted by atomic mass is 9.95. The molecule has 1 saturated carbocycles. The van der Waals surface area contributed by atoms with Gasteiger partial charge in [-0.3, -0.25) is 4.79 Å². The minimum absolute atomic E-state index is 0.0468. The minimum Gasteiger partial charge on any atom is -0.311 e. The van der Waals surface area contributed by atoms with Crippen LogP contribution in [-0.2, 0) is 14.8 Å². The predicted molar refractivity (Wildman–Crippen MR) is 122 cm³/mol. The maximum atomic E-state index is 12.8. The number of hydrogen-bond donors (Lipinski definition) is 1. The Balaban J connectivity index is 1.32. The summed E-state index contributed by atoms with van der Waals surface area (Å²) in [7, 11) is -3.49. The van der Waals surface area contributed by atoms with Crippen LogP contribution in [0.2, 0.25) is 0 Å². The second-order valence-corrected chi connectivity index (χ2v) is 10.2. The Hall–Kier alpha value is -2.45. The SMILES string of the molecule is O=C(Nc1ccnn1C1CCCCC1)C1CCN(S(=O)(=O)/C=C/c2ccccc2)CC1. The summed E-state index contributed by atoms with van der Waals surface area (Å²) >= 11 is 0. The van der Waals surface area contributed by atoms with Crippen molar-refractivity contribution in [2.45, 2.75) is 51.0 Å². The number of aromatic nitrogens is 2. The number of nitrogens with zero attached hydrogens (tertiary/aromatic N) is 3. The molecule has 1 aromatic heterocycles. The van der Waals surface area contributed by atoms with Crippen molar-refractivity contribution < 1.29 is 13.2 Å². The first-order chi connectivity index (χ1) is 15.0. The number of rotatable bonds is 6. The highest BCUT2D eigenvalue weighted by molar-refractivity contribution is 7.92. The summed E-state index contributed by atoms with van der Waals surface area (Å²) in [6, 6.07) is 11.6. The number of nitrogens with one attached hydrogen (secondary N) is 1. The van der Waals surface area contributed by atoms with Gasteiger partial charge >= 0.3 is 0 Å². The van der Waals surface area contributed by atoms with Crippen molar-refractivity contribution in [2.75, 3.05) is 18.4 Å². The van der Waals surface area contributed by atoms with Crippen LogP contribution in [0.4, 0.5) is 5.82 Å². The number of anilines is 1. The summed E-state index contributed by atoms with van der Waals surface area (Å²) in [5.74, 6) is 0.506. The van der Waals surface area contributed by atoms with Crippen molar-refractivity contribution in [2.24, 2.45) is 5.92 Å². The first-order valence-electron chi connectivity index (χ1n) is 11.1. The van der Waals surface area contributed by atoms with Gasteiger partial charge in [-0.25, -0.2) is 13.1 Å². The van der Waals surface area contributed by atoms with Gasteiger partial charge in [-0.05, 0) is 37.3 Å². The molecule has 8 heteroatoms. The number of benzene rings is 1. The average molecular weight is 443 g/mol. The molecule has 0 radical (unpaired) electrons. The highest BCUT2D eigenvalue weighted by atomic mass is 32.2. The largest absolute Gasteiger partial charge is 0.311 e. The van der Waals surface area contributed by atoms with Crippen molar-refractivity contribution in [3.63, 3.8) is 0 Å². The average Bonchev–Trinajstić information content (AvgIpc) is 3.27. The molecule has 0 spiro atoms. The zero-order valence-electron chi connectivity index (χ0n) is 17.7. The molecule has 1 aromatic carbocycles. The Labute approximate surface area is 184 Å². The Morgan fingerprint density at radius 1 is 1.00 bits per heavy atom. The molecule has 1 amide bonds. The lowest BCUT2D eigenvalue weighted by Crippen LogP contribution is -2.40. The first-order valence-corrected chi connectivity index (χ1v) is 12.6. The van der Waals surface area contributed by atoms with E-state index in [4.69, 9.17) is 0 Å². The van der Waals surface area contributed by atoms with Gasteiger partial charge in [0.15, 0.2) is 0 Å². The number of carbonyl (C=O) groups is 1. The van der Waals surface area contributed by atoms with Crippen LogP contribution in [0.25, 0.3) is 6.08 Å². The van der Waals surface area contributed by atoms with Gasteiger partial charge in [-0.1, -0.05) is 49.6 Å². The third-order valence-corrected chi connectivity index (χ3v) is 7.82. The first kappa shape index (κ1) is 21.8. The second kappa shape index (κ2) is 9.78. The lowest BCUT2D eigenvalue weighted by molar-refractivity contribution is -0.121. The topological polar surface area (TPSA) is 84.3 Å². The molecule has 2 aliphatic rings. The van der Waals surface area contributed by atoms with Crippen LogP contribution in [-0.4, -0.2) is 41.5 Å². The van der Waals surface area contributed by atoms with Gasteiger partial charge in [-0.2, -0.15) is 9.40 Å². The number of piperidine rings is 1. The molecule has 31 heavy (non-hydrogen) atoms. The second-order valence-electron chi connectivity index (χ2n) is 8.37. The van der Waals surface area contributed by atoms with Gasteiger partial charge in [0, 0.05) is 30.5 Å². The van der Waals surface area contributed by atoms with E-state index in [-0.39, 0.29) is 11.8 Å². The van der Waals surface area contributed by atoms with Crippen LogP contribution in [0.3, 0.4) is 0 Å². The molecule has 2 heterocycles. The fraction of sp³-hybridized carbons (Fsp3) is 0.478. The number of carbonyl (C=O) groups excluding carboxylic acids is 1. The van der Waals surface area contributed by atoms with Crippen LogP contribution in [0.5, 0.6) is 0 Å². The maximum Gasteiger partial charge on any atom is 0.236 e. The summed E-state index contributed by atoms with van der Waals surface area (Å²) in [5, 5.41) is 8.73. The van der Waals surface area contributed by atoms with Crippen molar-refractivity contribution in [3.05, 3.63) is 53.6 Å². The van der Waals surface area contributed by atoms with E-state index in [2.05, 4.69) is 10.4 Å². The summed E-state index contributed by atoms with van der Waals surface area (Å²) in [6.45, 7) is 0.697. The van der Waals surface area contributed by atoms with E-state index in [1.807, 2.05) is 41.1 Å². The minimum atomic E-state index is -3.49. The summed E-state index contributed by atoms with van der Waals surface area (Å²) in [4.78, 5) is 12.8. The molecule has 0 atom stereocenters. The molecule has 1 saturated heterocycles. The summed E-state index contributed by atoms with van der Waals surface area (Å²) < 4.78 is 28.7. The van der Waals surface area contributed by atoms with Gasteiger partial charge in [-0.15, -0.1) is 0 Å². The number of sulfonamides is 1. The van der Waals surface area contributed by atoms with Gasteiger partial charge in [0.2, 0.25) is 15.9 Å². The molecule has 0 bridgehead atoms. The Bertz CT molecular complexity index is 1000. The highest BCUT2D eigenvalue weighted by Crippen LogP contribution is 2.30. The Kier molecular flexibility index (Phi) is 6.87. The van der Waals surface area contributed by atoms with E-state index in [1.165, 1.54) is 29.0 Å². The zero-order valence-corrected chi connectivity index (χ0v) is 18.5. The quantitative estimate of drug-likeness (QED) is 0.732. The number of amides is 1. The number of hydrogen-bond acceptors (Lipinski definition) is 4.